The number of fused-ring (bicyclic) bond motifs is 1. The number of aromatic nitrogens is 4. The van der Waals surface area contributed by atoms with Crippen LogP contribution in [-0.4, -0.2) is 68.6 Å². The molecule has 3 amide bonds. The van der Waals surface area contributed by atoms with E-state index in [1.807, 2.05) is 96.2 Å². The fraction of sp³-hybridized carbons (Fsp3) is 0.250. The number of hydrogen-bond acceptors (Lipinski definition) is 5. The largest absolute Gasteiger partial charge is 0.355 e. The summed E-state index contributed by atoms with van der Waals surface area (Å²) in [6.45, 7) is 5.15. The van der Waals surface area contributed by atoms with Gasteiger partial charge in [-0.1, -0.05) is 71.7 Å². The first-order valence-corrected chi connectivity index (χ1v) is 18.4. The molecule has 2 fully saturated rings. The van der Waals surface area contributed by atoms with Crippen LogP contribution in [0.25, 0.3) is 33.4 Å². The van der Waals surface area contributed by atoms with Crippen LogP contribution in [0, 0.1) is 0 Å². The van der Waals surface area contributed by atoms with Crippen LogP contribution in [0.1, 0.15) is 48.3 Å². The van der Waals surface area contributed by atoms with E-state index in [4.69, 9.17) is 33.2 Å². The molecule has 0 aliphatic carbocycles. The zero-order chi connectivity index (χ0) is 35.8. The summed E-state index contributed by atoms with van der Waals surface area (Å²) in [5, 5.41) is 8.43. The SMILES string of the molecule is CC(c1ccc(Cl)cc1)n1cnc(-c2ccccc2)c1-c1c(C(=O)Nc2cccnc2N2CCC(NC(=O)N3CCC3)CC2)[nH]c2cc(Cl)ccc12. The quantitative estimate of drug-likeness (QED) is 0.145. The molecule has 2 aliphatic rings. The number of urea groups is 1. The lowest BCUT2D eigenvalue weighted by molar-refractivity contribution is 0.102. The number of nitrogens with zero attached hydrogens (tertiary/aromatic N) is 5. The highest BCUT2D eigenvalue weighted by atomic mass is 35.5. The lowest BCUT2D eigenvalue weighted by atomic mass is 9.99. The Balaban J connectivity index is 1.16. The van der Waals surface area contributed by atoms with Gasteiger partial charge < -0.3 is 30.0 Å². The summed E-state index contributed by atoms with van der Waals surface area (Å²) in [6.07, 6.45) is 6.21. The molecule has 2 aliphatic heterocycles. The van der Waals surface area contributed by atoms with Crippen molar-refractivity contribution in [2.75, 3.05) is 36.4 Å². The van der Waals surface area contributed by atoms with Gasteiger partial charge in [0.25, 0.3) is 5.91 Å². The van der Waals surface area contributed by atoms with Gasteiger partial charge in [0, 0.05) is 70.5 Å². The molecule has 8 rings (SSSR count). The second kappa shape index (κ2) is 14.4. The number of nitrogens with one attached hydrogen (secondary N) is 3. The van der Waals surface area contributed by atoms with E-state index in [0.717, 1.165) is 65.8 Å². The van der Waals surface area contributed by atoms with Crippen LogP contribution in [0.5, 0.6) is 0 Å². The van der Waals surface area contributed by atoms with Crippen molar-refractivity contribution in [2.24, 2.45) is 0 Å². The zero-order valence-corrected chi connectivity index (χ0v) is 30.2. The number of carbonyl (C=O) groups excluding carboxylic acids is 2. The summed E-state index contributed by atoms with van der Waals surface area (Å²) in [5.41, 5.74) is 5.93. The predicted molar refractivity (Wildman–Crippen MR) is 207 cm³/mol. The molecule has 5 heterocycles. The Labute approximate surface area is 311 Å². The van der Waals surface area contributed by atoms with Crippen molar-refractivity contribution in [3.8, 4) is 22.5 Å². The highest BCUT2D eigenvalue weighted by molar-refractivity contribution is 6.31. The number of halogens is 2. The number of imidazole rings is 1. The molecule has 3 aromatic heterocycles. The van der Waals surface area contributed by atoms with E-state index >= 15 is 0 Å². The fourth-order valence-corrected chi connectivity index (χ4v) is 7.45. The molecule has 0 bridgehead atoms. The molecule has 264 valence electrons. The molecule has 1 unspecified atom stereocenters. The summed E-state index contributed by atoms with van der Waals surface area (Å²) >= 11 is 12.8. The molecule has 52 heavy (non-hydrogen) atoms. The second-order valence-corrected chi connectivity index (χ2v) is 14.3. The molecule has 1 atom stereocenters. The minimum atomic E-state index is -0.320. The summed E-state index contributed by atoms with van der Waals surface area (Å²) in [4.78, 5) is 44.2. The van der Waals surface area contributed by atoms with Crippen molar-refractivity contribution in [1.29, 1.82) is 0 Å². The van der Waals surface area contributed by atoms with E-state index in [-0.39, 0.29) is 24.0 Å². The Morgan fingerprint density at radius 2 is 1.63 bits per heavy atom. The van der Waals surface area contributed by atoms with Gasteiger partial charge in [-0.25, -0.2) is 14.8 Å². The minimum Gasteiger partial charge on any atom is -0.355 e. The molecule has 2 saturated heterocycles. The molecule has 10 nitrogen and oxygen atoms in total. The van der Waals surface area contributed by atoms with Crippen molar-refractivity contribution >= 4 is 57.5 Å². The van der Waals surface area contributed by atoms with Gasteiger partial charge in [-0.05, 0) is 68.1 Å². The first-order valence-electron chi connectivity index (χ1n) is 17.6. The molecule has 0 saturated carbocycles. The third-order valence-electron chi connectivity index (χ3n) is 10.1. The first kappa shape index (κ1) is 33.8. The number of amides is 3. The molecule has 3 N–H and O–H groups in total. The first-order chi connectivity index (χ1) is 25.3. The average Bonchev–Trinajstić information content (AvgIpc) is 3.73. The Kier molecular flexibility index (Phi) is 9.34. The number of rotatable bonds is 8. The monoisotopic (exact) mass is 732 g/mol. The van der Waals surface area contributed by atoms with E-state index in [9.17, 15) is 9.59 Å². The lowest BCUT2D eigenvalue weighted by Gasteiger charge is -2.37. The van der Waals surface area contributed by atoms with Gasteiger partial charge >= 0.3 is 6.03 Å². The van der Waals surface area contributed by atoms with Crippen molar-refractivity contribution < 1.29 is 9.59 Å². The minimum absolute atomic E-state index is 0.0187. The van der Waals surface area contributed by atoms with Gasteiger partial charge in [0.1, 0.15) is 5.69 Å². The molecular formula is C40H38Cl2N8O2. The zero-order valence-electron chi connectivity index (χ0n) is 28.7. The fourth-order valence-electron chi connectivity index (χ4n) is 7.15. The lowest BCUT2D eigenvalue weighted by Crippen LogP contribution is -2.53. The van der Waals surface area contributed by atoms with E-state index in [1.165, 1.54) is 0 Å². The smallest absolute Gasteiger partial charge is 0.317 e. The van der Waals surface area contributed by atoms with Gasteiger partial charge in [-0.15, -0.1) is 0 Å². The van der Waals surface area contributed by atoms with E-state index < -0.39 is 0 Å². The number of benzene rings is 3. The van der Waals surface area contributed by atoms with Gasteiger partial charge in [0.2, 0.25) is 0 Å². The number of pyridine rings is 1. The maximum atomic E-state index is 14.6. The number of likely N-dealkylation sites (tertiary alicyclic amines) is 1. The maximum absolute atomic E-state index is 14.6. The number of anilines is 2. The number of aromatic amines is 1. The van der Waals surface area contributed by atoms with Crippen LogP contribution in [0.2, 0.25) is 10.0 Å². The van der Waals surface area contributed by atoms with Crippen LogP contribution in [0.4, 0.5) is 16.3 Å². The van der Waals surface area contributed by atoms with Gasteiger partial charge in [0.05, 0.1) is 29.4 Å². The molecular weight excluding hydrogens is 695 g/mol. The molecule has 0 radical (unpaired) electrons. The Bertz CT molecular complexity index is 2240. The average molecular weight is 734 g/mol. The van der Waals surface area contributed by atoms with Crippen molar-refractivity contribution in [1.82, 2.24) is 29.7 Å². The van der Waals surface area contributed by atoms with Crippen LogP contribution >= 0.6 is 23.2 Å². The Morgan fingerprint density at radius 1 is 0.885 bits per heavy atom. The highest BCUT2D eigenvalue weighted by Crippen LogP contribution is 2.42. The number of H-pyrrole nitrogens is 1. The summed E-state index contributed by atoms with van der Waals surface area (Å²) in [5.74, 6) is 0.370. The summed E-state index contributed by atoms with van der Waals surface area (Å²) in [7, 11) is 0. The summed E-state index contributed by atoms with van der Waals surface area (Å²) < 4.78 is 2.11. The third-order valence-corrected chi connectivity index (χ3v) is 10.6. The predicted octanol–water partition coefficient (Wildman–Crippen LogP) is 8.65. The number of carbonyl (C=O) groups is 2. The number of piperidine rings is 1. The Morgan fingerprint density at radius 3 is 2.37 bits per heavy atom. The number of hydrogen-bond donors (Lipinski definition) is 3. The van der Waals surface area contributed by atoms with Crippen molar-refractivity contribution in [2.45, 2.75) is 38.3 Å². The van der Waals surface area contributed by atoms with Crippen molar-refractivity contribution in [3.63, 3.8) is 0 Å². The van der Waals surface area contributed by atoms with Crippen molar-refractivity contribution in [3.05, 3.63) is 119 Å². The highest BCUT2D eigenvalue weighted by Gasteiger charge is 2.30. The molecule has 6 aromatic rings. The van der Waals surface area contributed by atoms with E-state index in [0.29, 0.717) is 45.9 Å². The van der Waals surface area contributed by atoms with Gasteiger partial charge in [-0.3, -0.25) is 4.79 Å². The molecule has 0 spiro atoms. The normalized spacial score (nSPS) is 15.4. The second-order valence-electron chi connectivity index (χ2n) is 13.4. The Hall–Kier alpha value is -5.32. The van der Waals surface area contributed by atoms with Crippen LogP contribution in [0.3, 0.4) is 0 Å². The van der Waals surface area contributed by atoms with Gasteiger partial charge in [0.15, 0.2) is 5.82 Å². The maximum Gasteiger partial charge on any atom is 0.317 e. The van der Waals surface area contributed by atoms with Gasteiger partial charge in [-0.2, -0.15) is 0 Å². The summed E-state index contributed by atoms with van der Waals surface area (Å²) in [6, 6.07) is 27.1. The van der Waals surface area contributed by atoms with E-state index in [1.54, 1.807) is 6.20 Å². The standard InChI is InChI=1S/C40H38Cl2N8O2/c1-25(26-10-12-28(41)13-11-26)50-24-44-35(27-7-3-2-4-8-27)37(50)34-31-15-14-29(42)23-33(31)46-36(34)39(51)47-32-9-5-18-43-38(32)48-21-16-30(17-22-48)45-40(52)49-19-6-20-49/h2-5,7-15,18,23-25,30,46H,6,16-17,19-22H2,1H3,(H,45,52)(H,47,51). The van der Waals surface area contributed by atoms with E-state index in [2.05, 4.69) is 32.0 Å². The topological polar surface area (TPSA) is 111 Å². The molecule has 3 aromatic carbocycles. The molecule has 12 heteroatoms. The van der Waals surface area contributed by atoms with Crippen LogP contribution in [0.15, 0.2) is 97.5 Å². The van der Waals surface area contributed by atoms with Crippen LogP contribution in [-0.2, 0) is 0 Å². The third kappa shape index (κ3) is 6.60. The van der Waals surface area contributed by atoms with Crippen LogP contribution < -0.4 is 15.5 Å².